The molecule has 1 atom stereocenters. The molecule has 0 aliphatic carbocycles. The number of pyridine rings is 1. The third-order valence-corrected chi connectivity index (χ3v) is 5.72. The van der Waals surface area contributed by atoms with E-state index in [1.807, 2.05) is 0 Å². The van der Waals surface area contributed by atoms with E-state index in [0.717, 1.165) is 32.4 Å². The molecule has 1 aromatic heterocycles. The second kappa shape index (κ2) is 9.33. The van der Waals surface area contributed by atoms with Gasteiger partial charge in [0, 0.05) is 54.6 Å². The summed E-state index contributed by atoms with van der Waals surface area (Å²) in [6.45, 7) is 10.8. The van der Waals surface area contributed by atoms with Gasteiger partial charge in [-0.25, -0.2) is 15.3 Å². The van der Waals surface area contributed by atoms with Crippen LogP contribution in [0.4, 0.5) is 4.79 Å². The number of rotatable bonds is 5. The Bertz CT molecular complexity index is 806. The number of piperidine rings is 1. The largest absolute Gasteiger partial charge is 0.414 e. The van der Waals surface area contributed by atoms with Crippen LogP contribution in [0, 0.1) is 0 Å². The van der Waals surface area contributed by atoms with Crippen molar-refractivity contribution in [3.63, 3.8) is 0 Å². The number of amides is 2. The number of nitrogens with zero attached hydrogens (tertiary/aromatic N) is 2. The van der Waals surface area contributed by atoms with Crippen LogP contribution in [0.3, 0.4) is 0 Å². The number of likely N-dealkylation sites (tertiary alicyclic amines) is 1. The Morgan fingerprint density at radius 3 is 2.58 bits per heavy atom. The van der Waals surface area contributed by atoms with Crippen molar-refractivity contribution in [3.8, 4) is 5.88 Å². The quantitative estimate of drug-likeness (QED) is 0.320. The van der Waals surface area contributed by atoms with Crippen LogP contribution in [0.25, 0.3) is 6.08 Å². The molecule has 2 aliphatic heterocycles. The monoisotopic (exact) mass is 431 g/mol. The average Bonchev–Trinajstić information content (AvgIpc) is 3.13. The molecule has 2 fully saturated rings. The highest BCUT2D eigenvalue weighted by molar-refractivity contribution is 5.90. The lowest BCUT2D eigenvalue weighted by molar-refractivity contribution is -0.124. The van der Waals surface area contributed by atoms with Crippen molar-refractivity contribution in [1.82, 2.24) is 26.0 Å². The van der Waals surface area contributed by atoms with Crippen LogP contribution < -0.4 is 20.9 Å². The minimum atomic E-state index is -0.637. The number of hydrogen-bond donors (Lipinski definition) is 4. The highest BCUT2D eigenvalue weighted by Crippen LogP contribution is 2.33. The first-order valence-electron chi connectivity index (χ1n) is 10.7. The molecule has 170 valence electrons. The minimum absolute atomic E-state index is 0.0489. The zero-order valence-corrected chi connectivity index (χ0v) is 18.6. The molecule has 2 saturated heterocycles. The number of hydrogen-bond acceptors (Lipinski definition) is 7. The van der Waals surface area contributed by atoms with Gasteiger partial charge in [0.25, 0.3) is 5.91 Å². The third kappa shape index (κ3) is 6.75. The summed E-state index contributed by atoms with van der Waals surface area (Å²) in [6.07, 6.45) is 6.66. The van der Waals surface area contributed by atoms with Gasteiger partial charge in [-0.15, -0.1) is 0 Å². The summed E-state index contributed by atoms with van der Waals surface area (Å²) in [6, 6.07) is 3.75. The van der Waals surface area contributed by atoms with Crippen molar-refractivity contribution in [1.29, 1.82) is 0 Å². The maximum atomic E-state index is 12.3. The Kier molecular flexibility index (Phi) is 6.98. The molecule has 9 nitrogen and oxygen atoms in total. The fourth-order valence-electron chi connectivity index (χ4n) is 4.81. The Hall–Kier alpha value is -2.49. The lowest BCUT2D eigenvalue weighted by Crippen LogP contribution is -2.62. The lowest BCUT2D eigenvalue weighted by Gasteiger charge is -2.49. The number of carbonyl (C=O) groups is 2. The van der Waals surface area contributed by atoms with Crippen molar-refractivity contribution < 1.29 is 19.5 Å². The van der Waals surface area contributed by atoms with Gasteiger partial charge < -0.3 is 15.4 Å². The highest BCUT2D eigenvalue weighted by atomic mass is 16.6. The summed E-state index contributed by atoms with van der Waals surface area (Å²) >= 11 is 0. The molecule has 0 unspecified atom stereocenters. The van der Waals surface area contributed by atoms with Gasteiger partial charge in [-0.05, 0) is 64.7 Å². The van der Waals surface area contributed by atoms with E-state index in [1.165, 1.54) is 23.8 Å². The number of hydroxylamine groups is 1. The van der Waals surface area contributed by atoms with Crippen LogP contribution in [-0.4, -0.2) is 63.3 Å². The molecule has 0 aromatic carbocycles. The standard InChI is InChI=1S/C22H33N5O4/c1-21(2)11-17(12-22(3,4)26-21)27-10-9-16(14-27)24-20(29)31-19-8-6-15(13-23-19)5-7-18(28)25-30/h5-8,13,16-17,26,30H,9-12,14H2,1-4H3,(H,24,29)(H,25,28)/b7-5+/t16-/m1/s1. The molecule has 2 aliphatic rings. The van der Waals surface area contributed by atoms with E-state index in [0.29, 0.717) is 11.6 Å². The van der Waals surface area contributed by atoms with E-state index in [9.17, 15) is 9.59 Å². The Morgan fingerprint density at radius 1 is 1.26 bits per heavy atom. The molecule has 9 heteroatoms. The topological polar surface area (TPSA) is 116 Å². The van der Waals surface area contributed by atoms with Crippen LogP contribution in [0.1, 0.15) is 52.5 Å². The van der Waals surface area contributed by atoms with Crippen LogP contribution in [0.15, 0.2) is 24.4 Å². The predicted octanol–water partition coefficient (Wildman–Crippen LogP) is 2.07. The average molecular weight is 432 g/mol. The number of carbonyl (C=O) groups excluding carboxylic acids is 2. The Morgan fingerprint density at radius 2 is 1.97 bits per heavy atom. The fraction of sp³-hybridized carbons (Fsp3) is 0.591. The van der Waals surface area contributed by atoms with E-state index in [1.54, 1.807) is 12.1 Å². The van der Waals surface area contributed by atoms with Gasteiger partial charge in [0.05, 0.1) is 0 Å². The summed E-state index contributed by atoms with van der Waals surface area (Å²) in [5.41, 5.74) is 2.32. The van der Waals surface area contributed by atoms with Gasteiger partial charge in [-0.2, -0.15) is 0 Å². The summed E-state index contributed by atoms with van der Waals surface area (Å²) in [5.74, 6) is -0.458. The number of aromatic nitrogens is 1. The first kappa shape index (κ1) is 23.2. The molecular weight excluding hydrogens is 398 g/mol. The Balaban J connectivity index is 1.48. The number of nitrogens with one attached hydrogen (secondary N) is 3. The maximum Gasteiger partial charge on any atom is 0.414 e. The summed E-state index contributed by atoms with van der Waals surface area (Å²) in [5, 5.41) is 15.1. The number of ether oxygens (including phenoxy) is 1. The molecule has 3 heterocycles. The zero-order valence-electron chi connectivity index (χ0n) is 18.6. The first-order valence-corrected chi connectivity index (χ1v) is 10.7. The molecule has 0 bridgehead atoms. The molecule has 0 radical (unpaired) electrons. The zero-order chi connectivity index (χ0) is 22.6. The van der Waals surface area contributed by atoms with E-state index >= 15 is 0 Å². The molecule has 4 N–H and O–H groups in total. The summed E-state index contributed by atoms with van der Waals surface area (Å²) in [4.78, 5) is 29.9. The van der Waals surface area contributed by atoms with Gasteiger partial charge in [0.1, 0.15) is 0 Å². The van der Waals surface area contributed by atoms with E-state index in [4.69, 9.17) is 9.94 Å². The SMILES string of the molecule is CC1(C)CC(N2CC[C@@H](NC(=O)Oc3ccc(/C=C/C(=O)NO)cn3)C2)CC(C)(C)N1. The first-order chi connectivity index (χ1) is 14.5. The molecular formula is C22H33N5O4. The van der Waals surface area contributed by atoms with Gasteiger partial charge in [-0.1, -0.05) is 0 Å². The smallest absolute Gasteiger partial charge is 0.391 e. The van der Waals surface area contributed by atoms with Crippen LogP contribution >= 0.6 is 0 Å². The second-order valence-corrected chi connectivity index (χ2v) is 9.71. The van der Waals surface area contributed by atoms with E-state index in [-0.39, 0.29) is 23.0 Å². The van der Waals surface area contributed by atoms with Crippen LogP contribution in [-0.2, 0) is 4.79 Å². The maximum absolute atomic E-state index is 12.3. The lowest BCUT2D eigenvalue weighted by atomic mass is 9.79. The molecule has 2 amide bonds. The summed E-state index contributed by atoms with van der Waals surface area (Å²) in [7, 11) is 0. The minimum Gasteiger partial charge on any atom is -0.391 e. The second-order valence-electron chi connectivity index (χ2n) is 9.71. The van der Waals surface area contributed by atoms with Crippen LogP contribution in [0.5, 0.6) is 5.88 Å². The van der Waals surface area contributed by atoms with Crippen LogP contribution in [0.2, 0.25) is 0 Å². The van der Waals surface area contributed by atoms with Crippen molar-refractivity contribution in [3.05, 3.63) is 30.0 Å². The van der Waals surface area contributed by atoms with Gasteiger partial charge in [0.2, 0.25) is 5.88 Å². The van der Waals surface area contributed by atoms with E-state index in [2.05, 4.69) is 48.2 Å². The van der Waals surface area contributed by atoms with Crippen molar-refractivity contribution in [2.45, 2.75) is 70.1 Å². The fourth-order valence-corrected chi connectivity index (χ4v) is 4.81. The molecule has 31 heavy (non-hydrogen) atoms. The molecule has 3 rings (SSSR count). The van der Waals surface area contributed by atoms with Crippen molar-refractivity contribution >= 4 is 18.1 Å². The normalized spacial score (nSPS) is 23.6. The molecule has 0 saturated carbocycles. The van der Waals surface area contributed by atoms with Gasteiger partial charge in [0.15, 0.2) is 0 Å². The van der Waals surface area contributed by atoms with Gasteiger partial charge >= 0.3 is 6.09 Å². The highest BCUT2D eigenvalue weighted by Gasteiger charge is 2.41. The van der Waals surface area contributed by atoms with E-state index < -0.39 is 12.0 Å². The Labute approximate surface area is 183 Å². The predicted molar refractivity (Wildman–Crippen MR) is 117 cm³/mol. The third-order valence-electron chi connectivity index (χ3n) is 5.72. The van der Waals surface area contributed by atoms with Crippen molar-refractivity contribution in [2.24, 2.45) is 0 Å². The van der Waals surface area contributed by atoms with Gasteiger partial charge in [-0.3, -0.25) is 14.9 Å². The summed E-state index contributed by atoms with van der Waals surface area (Å²) < 4.78 is 5.29. The molecule has 0 spiro atoms. The van der Waals surface area contributed by atoms with Crippen molar-refractivity contribution in [2.75, 3.05) is 13.1 Å². The molecule has 1 aromatic rings.